The quantitative estimate of drug-likeness (QED) is 0.713. The minimum Gasteiger partial charge on any atom is -0.335 e. The van der Waals surface area contributed by atoms with Gasteiger partial charge in [0.05, 0.1) is 4.70 Å². The molecular formula is C19H17N3O2S. The lowest BCUT2D eigenvalue weighted by atomic mass is 10.1. The summed E-state index contributed by atoms with van der Waals surface area (Å²) in [7, 11) is 0. The lowest BCUT2D eigenvalue weighted by molar-refractivity contribution is 0.0534. The Morgan fingerprint density at radius 3 is 2.12 bits per heavy atom. The second-order valence-corrected chi connectivity index (χ2v) is 6.78. The third kappa shape index (κ3) is 3.00. The van der Waals surface area contributed by atoms with Crippen LogP contribution in [0.25, 0.3) is 10.1 Å². The van der Waals surface area contributed by atoms with Gasteiger partial charge in [0.2, 0.25) is 0 Å². The summed E-state index contributed by atoms with van der Waals surface area (Å²) in [6.07, 6.45) is 0. The molecule has 1 aliphatic rings. The van der Waals surface area contributed by atoms with E-state index in [-0.39, 0.29) is 11.8 Å². The highest BCUT2D eigenvalue weighted by Gasteiger charge is 2.27. The maximum absolute atomic E-state index is 12.8. The highest BCUT2D eigenvalue weighted by molar-refractivity contribution is 7.13. The van der Waals surface area contributed by atoms with Gasteiger partial charge in [0.25, 0.3) is 11.8 Å². The molecule has 1 saturated heterocycles. The largest absolute Gasteiger partial charge is 0.335 e. The molecule has 1 aliphatic heterocycles. The predicted molar refractivity (Wildman–Crippen MR) is 97.9 cm³/mol. The highest BCUT2D eigenvalue weighted by Crippen LogP contribution is 2.23. The minimum atomic E-state index is -0.0516. The fourth-order valence-electron chi connectivity index (χ4n) is 3.07. The van der Waals surface area contributed by atoms with Crippen LogP contribution >= 0.6 is 11.5 Å². The van der Waals surface area contributed by atoms with Gasteiger partial charge in [-0.25, -0.2) is 0 Å². The van der Waals surface area contributed by atoms with Crippen molar-refractivity contribution in [3.8, 4) is 0 Å². The maximum atomic E-state index is 12.8. The van der Waals surface area contributed by atoms with Gasteiger partial charge < -0.3 is 9.80 Å². The van der Waals surface area contributed by atoms with Crippen molar-refractivity contribution in [2.24, 2.45) is 0 Å². The molecule has 2 aromatic carbocycles. The minimum absolute atomic E-state index is 0.0202. The summed E-state index contributed by atoms with van der Waals surface area (Å²) in [5.74, 6) is -0.0314. The molecule has 3 aromatic rings. The first-order chi connectivity index (χ1) is 12.2. The van der Waals surface area contributed by atoms with Crippen LogP contribution in [0, 0.1) is 0 Å². The van der Waals surface area contributed by atoms with Gasteiger partial charge in [0.1, 0.15) is 5.69 Å². The Balaban J connectivity index is 1.45. The Labute approximate surface area is 149 Å². The van der Waals surface area contributed by atoms with Crippen molar-refractivity contribution >= 4 is 33.4 Å². The number of nitrogens with zero attached hydrogens (tertiary/aromatic N) is 3. The molecular weight excluding hydrogens is 334 g/mol. The number of aromatic nitrogens is 1. The number of benzene rings is 2. The molecule has 0 aliphatic carbocycles. The Bertz CT molecular complexity index is 915. The van der Waals surface area contributed by atoms with Crippen molar-refractivity contribution in [2.75, 3.05) is 26.2 Å². The van der Waals surface area contributed by atoms with Crippen LogP contribution in [-0.4, -0.2) is 52.2 Å². The first-order valence-electron chi connectivity index (χ1n) is 8.22. The standard InChI is InChI=1S/C19H17N3O2S/c23-18(14-6-2-1-3-7-14)21-10-12-22(13-11-21)19(24)17-15-8-4-5-9-16(15)25-20-17/h1-9H,10-13H2. The van der Waals surface area contributed by atoms with E-state index in [0.717, 1.165) is 10.1 Å². The van der Waals surface area contributed by atoms with Crippen molar-refractivity contribution < 1.29 is 9.59 Å². The molecule has 6 heteroatoms. The number of fused-ring (bicyclic) bond motifs is 1. The van der Waals surface area contributed by atoms with E-state index in [0.29, 0.717) is 37.4 Å². The van der Waals surface area contributed by atoms with Crippen molar-refractivity contribution in [3.63, 3.8) is 0 Å². The molecule has 1 aromatic heterocycles. The number of carbonyl (C=O) groups is 2. The smallest absolute Gasteiger partial charge is 0.274 e. The zero-order chi connectivity index (χ0) is 17.2. The van der Waals surface area contributed by atoms with Crippen LogP contribution in [0.5, 0.6) is 0 Å². The molecule has 0 spiro atoms. The molecule has 0 saturated carbocycles. The van der Waals surface area contributed by atoms with E-state index in [4.69, 9.17) is 0 Å². The Morgan fingerprint density at radius 2 is 1.40 bits per heavy atom. The first kappa shape index (κ1) is 15.8. The zero-order valence-corrected chi connectivity index (χ0v) is 14.4. The van der Waals surface area contributed by atoms with E-state index in [2.05, 4.69) is 4.37 Å². The molecule has 0 unspecified atom stereocenters. The molecule has 126 valence electrons. The molecule has 5 nitrogen and oxygen atoms in total. The van der Waals surface area contributed by atoms with Gasteiger partial charge >= 0.3 is 0 Å². The summed E-state index contributed by atoms with van der Waals surface area (Å²) in [6.45, 7) is 2.15. The van der Waals surface area contributed by atoms with Crippen molar-refractivity contribution in [3.05, 3.63) is 65.9 Å². The Kier molecular flexibility index (Phi) is 4.19. The fraction of sp³-hybridized carbons (Fsp3) is 0.211. The summed E-state index contributed by atoms with van der Waals surface area (Å²) in [6, 6.07) is 17.0. The normalized spacial score (nSPS) is 14.7. The number of rotatable bonds is 2. The molecule has 0 radical (unpaired) electrons. The summed E-state index contributed by atoms with van der Waals surface area (Å²) < 4.78 is 5.36. The van der Waals surface area contributed by atoms with Gasteiger partial charge in [0, 0.05) is 37.1 Å². The molecule has 2 heterocycles. The number of hydrogen-bond acceptors (Lipinski definition) is 4. The predicted octanol–water partition coefficient (Wildman–Crippen LogP) is 2.89. The zero-order valence-electron chi connectivity index (χ0n) is 13.6. The van der Waals surface area contributed by atoms with Gasteiger partial charge in [-0.15, -0.1) is 0 Å². The molecule has 0 N–H and O–H groups in total. The third-order valence-electron chi connectivity index (χ3n) is 4.45. The van der Waals surface area contributed by atoms with Crippen LogP contribution in [0.2, 0.25) is 0 Å². The van der Waals surface area contributed by atoms with Crippen LogP contribution in [0.3, 0.4) is 0 Å². The van der Waals surface area contributed by atoms with Crippen molar-refractivity contribution in [1.82, 2.24) is 14.2 Å². The highest BCUT2D eigenvalue weighted by atomic mass is 32.1. The topological polar surface area (TPSA) is 53.5 Å². The molecule has 0 bridgehead atoms. The number of carbonyl (C=O) groups excluding carboxylic acids is 2. The molecule has 4 rings (SSSR count). The second-order valence-electron chi connectivity index (χ2n) is 5.98. The van der Waals surface area contributed by atoms with Crippen LogP contribution < -0.4 is 0 Å². The van der Waals surface area contributed by atoms with E-state index in [1.807, 2.05) is 54.6 Å². The van der Waals surface area contributed by atoms with E-state index in [9.17, 15) is 9.59 Å². The number of piperazine rings is 1. The first-order valence-corrected chi connectivity index (χ1v) is 8.99. The third-order valence-corrected chi connectivity index (χ3v) is 5.28. The van der Waals surface area contributed by atoms with Gasteiger partial charge in [-0.1, -0.05) is 36.4 Å². The Morgan fingerprint density at radius 1 is 0.800 bits per heavy atom. The molecule has 2 amide bonds. The average molecular weight is 351 g/mol. The maximum Gasteiger partial charge on any atom is 0.274 e. The molecule has 0 atom stereocenters. The van der Waals surface area contributed by atoms with Crippen LogP contribution in [0.4, 0.5) is 0 Å². The second kappa shape index (κ2) is 6.64. The van der Waals surface area contributed by atoms with Crippen molar-refractivity contribution in [2.45, 2.75) is 0 Å². The monoisotopic (exact) mass is 351 g/mol. The lowest BCUT2D eigenvalue weighted by Crippen LogP contribution is -2.50. The number of hydrogen-bond donors (Lipinski definition) is 0. The molecule has 1 fully saturated rings. The van der Waals surface area contributed by atoms with Crippen LogP contribution in [-0.2, 0) is 0 Å². The fourth-order valence-corrected chi connectivity index (χ4v) is 3.83. The van der Waals surface area contributed by atoms with Crippen LogP contribution in [0.1, 0.15) is 20.8 Å². The summed E-state index contributed by atoms with van der Waals surface area (Å²) in [5.41, 5.74) is 1.20. The van der Waals surface area contributed by atoms with E-state index >= 15 is 0 Å². The van der Waals surface area contributed by atoms with E-state index < -0.39 is 0 Å². The average Bonchev–Trinajstić information content (AvgIpc) is 3.12. The van der Waals surface area contributed by atoms with Crippen LogP contribution in [0.15, 0.2) is 54.6 Å². The Hall–Kier alpha value is -2.73. The van der Waals surface area contributed by atoms with Gasteiger partial charge in [-0.05, 0) is 29.7 Å². The van der Waals surface area contributed by atoms with E-state index in [1.54, 1.807) is 9.80 Å². The van der Waals surface area contributed by atoms with Gasteiger partial charge in [-0.2, -0.15) is 4.37 Å². The molecule has 25 heavy (non-hydrogen) atoms. The summed E-state index contributed by atoms with van der Waals surface area (Å²) in [5, 5.41) is 0.903. The van der Waals surface area contributed by atoms with Gasteiger partial charge in [0.15, 0.2) is 0 Å². The number of amides is 2. The van der Waals surface area contributed by atoms with E-state index in [1.165, 1.54) is 11.5 Å². The lowest BCUT2D eigenvalue weighted by Gasteiger charge is -2.34. The van der Waals surface area contributed by atoms with Crippen molar-refractivity contribution in [1.29, 1.82) is 0 Å². The van der Waals surface area contributed by atoms with Gasteiger partial charge in [-0.3, -0.25) is 9.59 Å². The SMILES string of the molecule is O=C(c1ccccc1)N1CCN(C(=O)c2nsc3ccccc23)CC1. The summed E-state index contributed by atoms with van der Waals surface area (Å²) >= 11 is 1.35. The summed E-state index contributed by atoms with van der Waals surface area (Å²) in [4.78, 5) is 28.9.